The third-order valence-electron chi connectivity index (χ3n) is 4.80. The second-order valence-corrected chi connectivity index (χ2v) is 7.20. The maximum absolute atomic E-state index is 12.1. The van der Waals surface area contributed by atoms with E-state index in [-0.39, 0.29) is 11.4 Å². The Hall–Kier alpha value is -0.570. The van der Waals surface area contributed by atoms with Crippen LogP contribution < -0.4 is 5.73 Å². The minimum atomic E-state index is -0.233. The number of hydrogen-bond acceptors (Lipinski definition) is 2. The SMILES string of the molecule is CN(CC1CC2CCC1C2)C(=O)CCC(C)(C)N. The van der Waals surface area contributed by atoms with Crippen LogP contribution in [0.15, 0.2) is 0 Å². The van der Waals surface area contributed by atoms with E-state index in [0.29, 0.717) is 6.42 Å². The van der Waals surface area contributed by atoms with Crippen LogP contribution in [0.2, 0.25) is 0 Å². The fourth-order valence-corrected chi connectivity index (χ4v) is 3.67. The Morgan fingerprint density at radius 2 is 2.06 bits per heavy atom. The van der Waals surface area contributed by atoms with E-state index in [0.717, 1.165) is 30.7 Å². The molecule has 0 spiro atoms. The molecule has 2 saturated carbocycles. The summed E-state index contributed by atoms with van der Waals surface area (Å²) in [7, 11) is 1.96. The first-order chi connectivity index (χ1) is 8.35. The van der Waals surface area contributed by atoms with Crippen LogP contribution in [0.5, 0.6) is 0 Å². The Balaban J connectivity index is 1.74. The summed E-state index contributed by atoms with van der Waals surface area (Å²) in [6.45, 7) is 4.93. The van der Waals surface area contributed by atoms with E-state index >= 15 is 0 Å². The van der Waals surface area contributed by atoms with E-state index in [9.17, 15) is 4.79 Å². The monoisotopic (exact) mass is 252 g/mol. The molecular weight excluding hydrogens is 224 g/mol. The lowest BCUT2D eigenvalue weighted by Crippen LogP contribution is -2.37. The van der Waals surface area contributed by atoms with Crippen molar-refractivity contribution in [1.29, 1.82) is 0 Å². The van der Waals surface area contributed by atoms with E-state index in [2.05, 4.69) is 0 Å². The highest BCUT2D eigenvalue weighted by Gasteiger charge is 2.40. The molecule has 1 amide bonds. The van der Waals surface area contributed by atoms with Crippen LogP contribution >= 0.6 is 0 Å². The Bertz CT molecular complexity index is 308. The molecule has 0 heterocycles. The van der Waals surface area contributed by atoms with Gasteiger partial charge in [-0.3, -0.25) is 4.79 Å². The minimum absolute atomic E-state index is 0.233. The molecule has 0 radical (unpaired) electrons. The standard InChI is InChI=1S/C15H28N2O/c1-15(2,16)7-6-14(18)17(3)10-13-9-11-4-5-12(13)8-11/h11-13H,4-10,16H2,1-3H3. The van der Waals surface area contributed by atoms with Crippen LogP contribution in [-0.4, -0.2) is 29.9 Å². The van der Waals surface area contributed by atoms with Crippen molar-refractivity contribution in [2.45, 2.75) is 57.9 Å². The van der Waals surface area contributed by atoms with Crippen molar-refractivity contribution in [3.8, 4) is 0 Å². The Kier molecular flexibility index (Phi) is 4.00. The second kappa shape index (κ2) is 5.20. The molecule has 2 aliphatic rings. The number of rotatable bonds is 5. The number of hydrogen-bond donors (Lipinski definition) is 1. The summed E-state index contributed by atoms with van der Waals surface area (Å²) in [5.74, 6) is 2.89. The molecule has 104 valence electrons. The van der Waals surface area contributed by atoms with Gasteiger partial charge < -0.3 is 10.6 Å². The summed E-state index contributed by atoms with van der Waals surface area (Å²) >= 11 is 0. The lowest BCUT2D eigenvalue weighted by Gasteiger charge is -2.28. The number of amides is 1. The molecule has 2 rings (SSSR count). The smallest absolute Gasteiger partial charge is 0.222 e. The normalized spacial score (nSPS) is 30.8. The highest BCUT2D eigenvalue weighted by molar-refractivity contribution is 5.75. The maximum Gasteiger partial charge on any atom is 0.222 e. The van der Waals surface area contributed by atoms with E-state index in [1.807, 2.05) is 25.8 Å². The second-order valence-electron chi connectivity index (χ2n) is 7.20. The Morgan fingerprint density at radius 1 is 1.33 bits per heavy atom. The summed E-state index contributed by atoms with van der Waals surface area (Å²) in [5, 5.41) is 0. The Labute approximate surface area is 111 Å². The summed E-state index contributed by atoms with van der Waals surface area (Å²) in [6.07, 6.45) is 6.95. The first-order valence-electron chi connectivity index (χ1n) is 7.38. The summed E-state index contributed by atoms with van der Waals surface area (Å²) in [6, 6.07) is 0. The lowest BCUT2D eigenvalue weighted by molar-refractivity contribution is -0.131. The van der Waals surface area contributed by atoms with Gasteiger partial charge in [0.1, 0.15) is 0 Å². The molecule has 3 atom stereocenters. The van der Waals surface area contributed by atoms with Crippen molar-refractivity contribution in [2.24, 2.45) is 23.5 Å². The third kappa shape index (κ3) is 3.47. The zero-order chi connectivity index (χ0) is 13.3. The molecule has 3 nitrogen and oxygen atoms in total. The van der Waals surface area contributed by atoms with Gasteiger partial charge in [0.15, 0.2) is 0 Å². The van der Waals surface area contributed by atoms with E-state index in [1.54, 1.807) is 0 Å². The molecule has 0 aliphatic heterocycles. The van der Waals surface area contributed by atoms with Gasteiger partial charge in [0, 0.05) is 25.6 Å². The third-order valence-corrected chi connectivity index (χ3v) is 4.80. The molecule has 3 unspecified atom stereocenters. The van der Waals surface area contributed by atoms with Crippen LogP contribution in [-0.2, 0) is 4.79 Å². The van der Waals surface area contributed by atoms with Crippen molar-refractivity contribution in [3.05, 3.63) is 0 Å². The van der Waals surface area contributed by atoms with Crippen LogP contribution in [0.4, 0.5) is 0 Å². The van der Waals surface area contributed by atoms with Gasteiger partial charge in [-0.2, -0.15) is 0 Å². The van der Waals surface area contributed by atoms with Crippen molar-refractivity contribution in [3.63, 3.8) is 0 Å². The van der Waals surface area contributed by atoms with Gasteiger partial charge in [0.25, 0.3) is 0 Å². The van der Waals surface area contributed by atoms with Gasteiger partial charge in [-0.15, -0.1) is 0 Å². The predicted octanol–water partition coefficient (Wildman–Crippen LogP) is 2.40. The first kappa shape index (κ1) is 13.9. The molecule has 0 aromatic heterocycles. The highest BCUT2D eigenvalue weighted by atomic mass is 16.2. The van der Waals surface area contributed by atoms with Crippen molar-refractivity contribution < 1.29 is 4.79 Å². The number of fused-ring (bicyclic) bond motifs is 2. The van der Waals surface area contributed by atoms with Gasteiger partial charge in [-0.05, 0) is 57.3 Å². The van der Waals surface area contributed by atoms with Gasteiger partial charge in [0.05, 0.1) is 0 Å². The zero-order valence-electron chi connectivity index (χ0n) is 12.1. The fourth-order valence-electron chi connectivity index (χ4n) is 3.67. The molecule has 2 fully saturated rings. The molecule has 2 N–H and O–H groups in total. The van der Waals surface area contributed by atoms with Gasteiger partial charge >= 0.3 is 0 Å². The van der Waals surface area contributed by atoms with Crippen LogP contribution in [0.25, 0.3) is 0 Å². The minimum Gasteiger partial charge on any atom is -0.345 e. The van der Waals surface area contributed by atoms with Crippen molar-refractivity contribution >= 4 is 5.91 Å². The van der Waals surface area contributed by atoms with E-state index in [1.165, 1.54) is 25.7 Å². The van der Waals surface area contributed by atoms with Gasteiger partial charge in [-0.1, -0.05) is 6.42 Å². The molecule has 0 aromatic carbocycles. The lowest BCUT2D eigenvalue weighted by atomic mass is 9.88. The Morgan fingerprint density at radius 3 is 2.56 bits per heavy atom. The molecule has 2 bridgehead atoms. The van der Waals surface area contributed by atoms with Crippen LogP contribution in [0.3, 0.4) is 0 Å². The molecule has 0 saturated heterocycles. The number of carbonyl (C=O) groups excluding carboxylic acids is 1. The summed E-state index contributed by atoms with van der Waals surface area (Å²) in [5.41, 5.74) is 5.69. The van der Waals surface area contributed by atoms with Gasteiger partial charge in [0.2, 0.25) is 5.91 Å². The summed E-state index contributed by atoms with van der Waals surface area (Å²) < 4.78 is 0. The van der Waals surface area contributed by atoms with Crippen LogP contribution in [0, 0.1) is 17.8 Å². The highest BCUT2D eigenvalue weighted by Crippen LogP contribution is 2.48. The predicted molar refractivity (Wildman–Crippen MR) is 74.1 cm³/mol. The molecule has 18 heavy (non-hydrogen) atoms. The summed E-state index contributed by atoms with van der Waals surface area (Å²) in [4.78, 5) is 14.0. The zero-order valence-corrected chi connectivity index (χ0v) is 12.1. The van der Waals surface area contributed by atoms with Crippen molar-refractivity contribution in [1.82, 2.24) is 4.90 Å². The van der Waals surface area contributed by atoms with Crippen LogP contribution in [0.1, 0.15) is 52.4 Å². The van der Waals surface area contributed by atoms with Gasteiger partial charge in [-0.25, -0.2) is 0 Å². The largest absolute Gasteiger partial charge is 0.345 e. The molecule has 0 aromatic rings. The number of nitrogens with zero attached hydrogens (tertiary/aromatic N) is 1. The fraction of sp³-hybridized carbons (Fsp3) is 0.933. The maximum atomic E-state index is 12.1. The average Bonchev–Trinajstić information content (AvgIpc) is 2.86. The first-order valence-corrected chi connectivity index (χ1v) is 7.38. The number of nitrogens with two attached hydrogens (primary N) is 1. The van der Waals surface area contributed by atoms with E-state index < -0.39 is 0 Å². The topological polar surface area (TPSA) is 46.3 Å². The quantitative estimate of drug-likeness (QED) is 0.816. The molecule has 2 aliphatic carbocycles. The average molecular weight is 252 g/mol. The van der Waals surface area contributed by atoms with E-state index in [4.69, 9.17) is 5.73 Å². The van der Waals surface area contributed by atoms with Crippen molar-refractivity contribution in [2.75, 3.05) is 13.6 Å². The number of carbonyl (C=O) groups is 1. The molecule has 3 heteroatoms. The molecular formula is C15H28N2O.